The fourth-order valence-electron chi connectivity index (χ4n) is 3.01. The highest BCUT2D eigenvalue weighted by Gasteiger charge is 2.38. The first-order valence-electron chi connectivity index (χ1n) is 18.2. The number of imidazole rings is 1. The molecule has 306 valence electrons. The molecule has 0 saturated heterocycles. The number of amides is 2. The SMILES string of the molecule is C=O.CC.CC.CC.CC.CC.CCCC.Nc1nc2ccc(NC(=O)CCC(=O)Nc3ccc(Oc4ccccc4)cc3)cc2[nH]1.O=C(O)C(F)(F)F. The summed E-state index contributed by atoms with van der Waals surface area (Å²) in [7, 11) is 0. The van der Waals surface area contributed by atoms with Crippen LogP contribution in [0.25, 0.3) is 11.0 Å². The number of nitrogens with two attached hydrogens (primary N) is 1. The zero-order valence-electron chi connectivity index (χ0n) is 34.1. The Morgan fingerprint density at radius 3 is 1.52 bits per heavy atom. The number of aromatic nitrogens is 2. The van der Waals surface area contributed by atoms with E-state index in [1.807, 2.05) is 106 Å². The highest BCUT2D eigenvalue weighted by atomic mass is 19.4. The van der Waals surface area contributed by atoms with E-state index in [0.29, 0.717) is 23.1 Å². The van der Waals surface area contributed by atoms with Crippen LogP contribution in [0.1, 0.15) is 109 Å². The second-order valence-electron chi connectivity index (χ2n) is 8.69. The van der Waals surface area contributed by atoms with Crippen molar-refractivity contribution in [3.63, 3.8) is 0 Å². The van der Waals surface area contributed by atoms with E-state index < -0.39 is 12.1 Å². The third kappa shape index (κ3) is 29.2. The van der Waals surface area contributed by atoms with Crippen molar-refractivity contribution >= 4 is 52.9 Å². The number of nitrogen functional groups attached to an aromatic ring is 1. The molecule has 0 radical (unpaired) electrons. The summed E-state index contributed by atoms with van der Waals surface area (Å²) in [6.45, 7) is 26.4. The molecule has 4 aromatic rings. The minimum atomic E-state index is -5.08. The molecule has 0 aliphatic rings. The lowest BCUT2D eigenvalue weighted by atomic mass is 10.2. The molecule has 0 spiro atoms. The van der Waals surface area contributed by atoms with E-state index in [0.717, 1.165) is 16.8 Å². The Kier molecular flexibility index (Phi) is 41.6. The molecule has 4 rings (SSSR count). The number of para-hydroxylation sites is 1. The number of ether oxygens (including phenoxy) is 1. The number of carboxylic acid groups (broad SMARTS) is 1. The largest absolute Gasteiger partial charge is 0.490 e. The van der Waals surface area contributed by atoms with Gasteiger partial charge in [0.2, 0.25) is 11.8 Å². The summed E-state index contributed by atoms with van der Waals surface area (Å²) < 4.78 is 37.5. The summed E-state index contributed by atoms with van der Waals surface area (Å²) in [5.74, 6) is -1.54. The summed E-state index contributed by atoms with van der Waals surface area (Å²) in [5, 5.41) is 12.7. The number of alkyl halides is 3. The molecule has 0 aliphatic heterocycles. The lowest BCUT2D eigenvalue weighted by Gasteiger charge is -2.08. The third-order valence-electron chi connectivity index (χ3n) is 5.22. The van der Waals surface area contributed by atoms with Gasteiger partial charge in [0.25, 0.3) is 0 Å². The number of hydrogen-bond acceptors (Lipinski definition) is 7. The van der Waals surface area contributed by atoms with Crippen LogP contribution in [-0.4, -0.2) is 45.8 Å². The Morgan fingerprint density at radius 2 is 1.11 bits per heavy atom. The summed E-state index contributed by atoms with van der Waals surface area (Å²) in [6, 6.07) is 21.7. The van der Waals surface area contributed by atoms with E-state index in [1.54, 1.807) is 42.5 Å². The van der Waals surface area contributed by atoms with E-state index in [2.05, 4.69) is 34.4 Å². The number of nitrogens with one attached hydrogen (secondary N) is 3. The Balaban J connectivity index is -0.000000291. The number of anilines is 3. The monoisotopic (exact) mass is 767 g/mol. The maximum Gasteiger partial charge on any atom is 0.490 e. The number of aromatic amines is 1. The van der Waals surface area contributed by atoms with E-state index in [4.69, 9.17) is 25.2 Å². The number of halogens is 3. The maximum absolute atomic E-state index is 12.2. The first-order chi connectivity index (χ1) is 25.9. The predicted molar refractivity (Wildman–Crippen MR) is 218 cm³/mol. The summed E-state index contributed by atoms with van der Waals surface area (Å²) in [4.78, 5) is 48.3. The lowest BCUT2D eigenvalue weighted by Crippen LogP contribution is -2.21. The summed E-state index contributed by atoms with van der Waals surface area (Å²) in [5.41, 5.74) is 8.31. The Morgan fingerprint density at radius 1 is 0.722 bits per heavy atom. The van der Waals surface area contributed by atoms with Gasteiger partial charge in [-0.05, 0) is 54.6 Å². The molecule has 54 heavy (non-hydrogen) atoms. The van der Waals surface area contributed by atoms with Gasteiger partial charge < -0.3 is 36.0 Å². The van der Waals surface area contributed by atoms with Gasteiger partial charge in [0.15, 0.2) is 5.95 Å². The average molecular weight is 768 g/mol. The van der Waals surface area contributed by atoms with Crippen molar-refractivity contribution in [2.45, 2.75) is 115 Å². The van der Waals surface area contributed by atoms with Gasteiger partial charge in [-0.2, -0.15) is 13.2 Å². The maximum atomic E-state index is 12.2. The fraction of sp³-hybridized carbons (Fsp3) is 0.425. The number of carbonyl (C=O) groups is 4. The number of fused-ring (bicyclic) bond motifs is 1. The standard InChI is InChI=1S/C23H21N5O3.C4H10.C2HF3O2.5C2H6.CH2O/c24-23-27-19-11-8-16(14-20(19)28-23)26-22(30)13-12-21(29)25-15-6-9-18(10-7-15)31-17-4-2-1-3-5-17;1-3-4-2;3-2(4,5)1(6)7;6*1-2/h1-11,14H,12-13H2,(H,25,29)(H,26,30)(H3,24,27,28);3-4H2,1-2H3;(H,6,7);5*1-2H3;1H2. The first-order valence-corrected chi connectivity index (χ1v) is 18.2. The van der Waals surface area contributed by atoms with E-state index >= 15 is 0 Å². The number of hydrogen-bond donors (Lipinski definition) is 5. The summed E-state index contributed by atoms with van der Waals surface area (Å²) in [6.07, 6.45) is -2.32. The molecule has 0 fully saturated rings. The van der Waals surface area contributed by atoms with Crippen molar-refractivity contribution in [1.29, 1.82) is 0 Å². The normalized spacial score (nSPS) is 8.72. The number of rotatable bonds is 8. The molecule has 0 bridgehead atoms. The number of nitrogens with zero attached hydrogens (tertiary/aromatic N) is 1. The molecule has 14 heteroatoms. The quantitative estimate of drug-likeness (QED) is 0.118. The van der Waals surface area contributed by atoms with Crippen LogP contribution in [-0.2, 0) is 19.2 Å². The Labute approximate surface area is 320 Å². The second-order valence-corrected chi connectivity index (χ2v) is 8.69. The molecule has 6 N–H and O–H groups in total. The topological polar surface area (TPSA) is 176 Å². The van der Waals surface area contributed by atoms with Crippen molar-refractivity contribution in [2.24, 2.45) is 0 Å². The van der Waals surface area contributed by atoms with Crippen molar-refractivity contribution in [3.05, 3.63) is 72.8 Å². The predicted octanol–water partition coefficient (Wildman–Crippen LogP) is 11.7. The van der Waals surface area contributed by atoms with Gasteiger partial charge in [0.05, 0.1) is 11.0 Å². The first kappa shape index (κ1) is 57.9. The number of unbranched alkanes of at least 4 members (excludes halogenated alkanes) is 1. The number of carbonyl (C=O) groups excluding carboxylic acids is 3. The van der Waals surface area contributed by atoms with E-state index in [-0.39, 0.29) is 24.7 Å². The average Bonchev–Trinajstić information content (AvgIpc) is 3.59. The lowest BCUT2D eigenvalue weighted by molar-refractivity contribution is -0.192. The number of aliphatic carboxylic acids is 1. The molecule has 1 heterocycles. The van der Waals surface area contributed by atoms with Gasteiger partial charge in [-0.1, -0.05) is 114 Å². The number of benzene rings is 3. The van der Waals surface area contributed by atoms with Gasteiger partial charge in [0.1, 0.15) is 18.3 Å². The van der Waals surface area contributed by atoms with Crippen LogP contribution in [0.2, 0.25) is 0 Å². The van der Waals surface area contributed by atoms with Crippen molar-refractivity contribution in [1.82, 2.24) is 9.97 Å². The third-order valence-corrected chi connectivity index (χ3v) is 5.22. The highest BCUT2D eigenvalue weighted by Crippen LogP contribution is 2.23. The minimum absolute atomic E-state index is 0.0597. The van der Waals surface area contributed by atoms with E-state index in [1.165, 1.54) is 12.8 Å². The van der Waals surface area contributed by atoms with E-state index in [9.17, 15) is 22.8 Å². The number of carboxylic acids is 1. The fourth-order valence-corrected chi connectivity index (χ4v) is 3.01. The zero-order chi connectivity index (χ0) is 43.1. The molecular weight excluding hydrogens is 703 g/mol. The van der Waals surface area contributed by atoms with Crippen molar-refractivity contribution in [2.75, 3.05) is 16.4 Å². The van der Waals surface area contributed by atoms with Crippen LogP contribution >= 0.6 is 0 Å². The van der Waals surface area contributed by atoms with Gasteiger partial charge in [0, 0.05) is 24.2 Å². The van der Waals surface area contributed by atoms with Crippen LogP contribution in [0.4, 0.5) is 30.5 Å². The smallest absolute Gasteiger partial charge is 0.475 e. The minimum Gasteiger partial charge on any atom is -0.475 e. The molecule has 0 aliphatic carbocycles. The Hall–Kier alpha value is -5.40. The van der Waals surface area contributed by atoms with Crippen molar-refractivity contribution in [3.8, 4) is 11.5 Å². The molecule has 0 atom stereocenters. The molecule has 11 nitrogen and oxygen atoms in total. The van der Waals surface area contributed by atoms with Gasteiger partial charge in [-0.3, -0.25) is 9.59 Å². The van der Waals surface area contributed by atoms with Crippen LogP contribution in [0, 0.1) is 0 Å². The highest BCUT2D eigenvalue weighted by molar-refractivity contribution is 5.97. The second kappa shape index (κ2) is 38.8. The van der Waals surface area contributed by atoms with Gasteiger partial charge in [-0.25, -0.2) is 9.78 Å². The van der Waals surface area contributed by atoms with Gasteiger partial charge in [-0.15, -0.1) is 0 Å². The van der Waals surface area contributed by atoms with Gasteiger partial charge >= 0.3 is 12.1 Å². The molecule has 1 aromatic heterocycles. The van der Waals surface area contributed by atoms with Crippen molar-refractivity contribution < 1.29 is 42.2 Å². The Bertz CT molecular complexity index is 1460. The molecule has 3 aromatic carbocycles. The van der Waals surface area contributed by atoms with Crippen LogP contribution in [0.3, 0.4) is 0 Å². The number of H-pyrrole nitrogens is 1. The van der Waals surface area contributed by atoms with Crippen LogP contribution < -0.4 is 21.1 Å². The van der Waals surface area contributed by atoms with Crippen LogP contribution in [0.15, 0.2) is 72.8 Å². The zero-order valence-corrected chi connectivity index (χ0v) is 34.1. The van der Waals surface area contributed by atoms with Crippen LogP contribution in [0.5, 0.6) is 11.5 Å². The molecule has 2 amide bonds. The molecule has 0 saturated carbocycles. The molecular formula is C40H64F3N5O6. The summed E-state index contributed by atoms with van der Waals surface area (Å²) >= 11 is 0. The molecule has 0 unspecified atom stereocenters.